The summed E-state index contributed by atoms with van der Waals surface area (Å²) in [4.78, 5) is 0.00203. The van der Waals surface area contributed by atoms with Crippen molar-refractivity contribution in [3.05, 3.63) is 64.7 Å². The van der Waals surface area contributed by atoms with Crippen LogP contribution in [0.15, 0.2) is 48.5 Å². The van der Waals surface area contributed by atoms with Gasteiger partial charge in [-0.2, -0.15) is 8.78 Å². The molecule has 1 unspecified atom stereocenters. The maximum absolute atomic E-state index is 12.2. The fourth-order valence-corrected chi connectivity index (χ4v) is 2.75. The van der Waals surface area contributed by atoms with Crippen LogP contribution in [0.1, 0.15) is 16.0 Å². The molecular formula is C15H12BrClF2O. The van der Waals surface area contributed by atoms with Gasteiger partial charge in [-0.25, -0.2) is 0 Å². The summed E-state index contributed by atoms with van der Waals surface area (Å²) in [5, 5.41) is 0.678. The van der Waals surface area contributed by atoms with Crippen LogP contribution in [-0.2, 0) is 6.42 Å². The zero-order chi connectivity index (χ0) is 14.5. The topological polar surface area (TPSA) is 9.23 Å². The fourth-order valence-electron chi connectivity index (χ4n) is 1.87. The van der Waals surface area contributed by atoms with Gasteiger partial charge in [0, 0.05) is 9.85 Å². The quantitative estimate of drug-likeness (QED) is 0.628. The molecule has 0 amide bonds. The Labute approximate surface area is 129 Å². The van der Waals surface area contributed by atoms with E-state index in [-0.39, 0.29) is 10.6 Å². The lowest BCUT2D eigenvalue weighted by Crippen LogP contribution is -2.03. The van der Waals surface area contributed by atoms with E-state index in [2.05, 4.69) is 20.7 Å². The summed E-state index contributed by atoms with van der Waals surface area (Å²) in [6.07, 6.45) is 0.707. The summed E-state index contributed by atoms with van der Waals surface area (Å²) in [7, 11) is 0. The summed E-state index contributed by atoms with van der Waals surface area (Å²) in [5.41, 5.74) is 1.95. The van der Waals surface area contributed by atoms with Crippen LogP contribution in [0.25, 0.3) is 0 Å². The molecule has 2 aromatic carbocycles. The van der Waals surface area contributed by atoms with E-state index in [9.17, 15) is 8.78 Å². The van der Waals surface area contributed by atoms with Crippen LogP contribution in [0.3, 0.4) is 0 Å². The molecule has 0 spiro atoms. The molecule has 0 saturated carbocycles. The van der Waals surface area contributed by atoms with E-state index >= 15 is 0 Å². The van der Waals surface area contributed by atoms with Crippen LogP contribution in [0, 0.1) is 0 Å². The largest absolute Gasteiger partial charge is 0.435 e. The maximum Gasteiger partial charge on any atom is 0.387 e. The number of hydrogen-bond donors (Lipinski definition) is 0. The third-order valence-electron chi connectivity index (χ3n) is 2.75. The molecule has 0 N–H and O–H groups in total. The highest BCUT2D eigenvalue weighted by Crippen LogP contribution is 2.30. The number of hydrogen-bond acceptors (Lipinski definition) is 1. The average Bonchev–Trinajstić information content (AvgIpc) is 2.38. The highest BCUT2D eigenvalue weighted by molar-refractivity contribution is 9.09. The zero-order valence-electron chi connectivity index (χ0n) is 10.4. The van der Waals surface area contributed by atoms with Crippen molar-refractivity contribution < 1.29 is 13.5 Å². The second-order valence-corrected chi connectivity index (χ2v) is 5.79. The van der Waals surface area contributed by atoms with Crippen molar-refractivity contribution in [1.82, 2.24) is 0 Å². The minimum absolute atomic E-state index is 0.00203. The summed E-state index contributed by atoms with van der Waals surface area (Å²) >= 11 is 9.50. The summed E-state index contributed by atoms with van der Waals surface area (Å²) in [5.74, 6) is 0.160. The normalized spacial score (nSPS) is 12.4. The minimum atomic E-state index is -2.81. The smallest absolute Gasteiger partial charge is 0.387 e. The summed E-state index contributed by atoms with van der Waals surface area (Å²) in [6, 6.07) is 14.2. The second kappa shape index (κ2) is 7.04. The van der Waals surface area contributed by atoms with Crippen LogP contribution in [-0.4, -0.2) is 6.61 Å². The van der Waals surface area contributed by atoms with Gasteiger partial charge in [-0.3, -0.25) is 0 Å². The van der Waals surface area contributed by atoms with E-state index in [4.69, 9.17) is 11.6 Å². The molecule has 0 heterocycles. The Morgan fingerprint density at radius 2 is 1.85 bits per heavy atom. The first kappa shape index (κ1) is 15.3. The van der Waals surface area contributed by atoms with E-state index in [1.165, 1.54) is 6.07 Å². The van der Waals surface area contributed by atoms with Crippen molar-refractivity contribution >= 4 is 27.5 Å². The number of halogens is 4. The SMILES string of the molecule is FC(F)Oc1cccc(C(Br)Cc2cccc(Cl)c2)c1. The Morgan fingerprint density at radius 3 is 2.55 bits per heavy atom. The highest BCUT2D eigenvalue weighted by atomic mass is 79.9. The van der Waals surface area contributed by atoms with Gasteiger partial charge in [0.2, 0.25) is 0 Å². The molecule has 1 atom stereocenters. The van der Waals surface area contributed by atoms with E-state index < -0.39 is 6.61 Å². The average molecular weight is 362 g/mol. The van der Waals surface area contributed by atoms with Gasteiger partial charge in [-0.1, -0.05) is 51.8 Å². The molecular weight excluding hydrogens is 350 g/mol. The van der Waals surface area contributed by atoms with Crippen molar-refractivity contribution in [2.24, 2.45) is 0 Å². The molecule has 0 aliphatic rings. The van der Waals surface area contributed by atoms with E-state index in [0.717, 1.165) is 11.1 Å². The lowest BCUT2D eigenvalue weighted by molar-refractivity contribution is -0.0498. The summed E-state index contributed by atoms with van der Waals surface area (Å²) in [6.45, 7) is -2.81. The lowest BCUT2D eigenvalue weighted by Gasteiger charge is -2.12. The van der Waals surface area contributed by atoms with Crippen molar-refractivity contribution in [3.8, 4) is 5.75 Å². The molecule has 0 fully saturated rings. The molecule has 2 rings (SSSR count). The van der Waals surface area contributed by atoms with Crippen molar-refractivity contribution in [3.63, 3.8) is 0 Å². The first-order valence-corrected chi connectivity index (χ1v) is 7.27. The molecule has 0 radical (unpaired) electrons. The summed E-state index contributed by atoms with van der Waals surface area (Å²) < 4.78 is 28.8. The standard InChI is InChI=1S/C15H12BrClF2O/c16-14(8-10-3-1-5-12(17)7-10)11-4-2-6-13(9-11)20-15(18)19/h1-7,9,14-15H,8H2. The Hall–Kier alpha value is -1.13. The molecule has 5 heteroatoms. The monoisotopic (exact) mass is 360 g/mol. The predicted octanol–water partition coefficient (Wildman–Crippen LogP) is 5.62. The van der Waals surface area contributed by atoms with Crippen LogP contribution in [0.4, 0.5) is 8.78 Å². The maximum atomic E-state index is 12.2. The fraction of sp³-hybridized carbons (Fsp3) is 0.200. The Kier molecular flexibility index (Phi) is 5.38. The molecule has 1 nitrogen and oxygen atoms in total. The molecule has 0 aliphatic heterocycles. The van der Waals surface area contributed by atoms with E-state index in [1.54, 1.807) is 12.1 Å². The zero-order valence-corrected chi connectivity index (χ0v) is 12.7. The minimum Gasteiger partial charge on any atom is -0.435 e. The van der Waals surface area contributed by atoms with Crippen molar-refractivity contribution in [2.75, 3.05) is 0 Å². The van der Waals surface area contributed by atoms with Crippen molar-refractivity contribution in [2.45, 2.75) is 17.9 Å². The lowest BCUT2D eigenvalue weighted by atomic mass is 10.0. The number of alkyl halides is 3. The van der Waals surface area contributed by atoms with Gasteiger partial charge in [-0.05, 0) is 41.8 Å². The van der Waals surface area contributed by atoms with Gasteiger partial charge in [-0.15, -0.1) is 0 Å². The number of ether oxygens (including phenoxy) is 1. The third kappa shape index (κ3) is 4.46. The van der Waals surface area contributed by atoms with Gasteiger partial charge < -0.3 is 4.74 Å². The Balaban J connectivity index is 2.10. The van der Waals surface area contributed by atoms with Crippen LogP contribution < -0.4 is 4.74 Å². The number of benzene rings is 2. The molecule has 0 saturated heterocycles. The second-order valence-electron chi connectivity index (χ2n) is 4.25. The molecule has 0 bridgehead atoms. The Morgan fingerprint density at radius 1 is 1.10 bits per heavy atom. The van der Waals surface area contributed by atoms with Gasteiger partial charge in [0.25, 0.3) is 0 Å². The van der Waals surface area contributed by atoms with Crippen LogP contribution in [0.5, 0.6) is 5.75 Å². The van der Waals surface area contributed by atoms with Gasteiger partial charge in [0.1, 0.15) is 5.75 Å². The van der Waals surface area contributed by atoms with Gasteiger partial charge in [0.05, 0.1) is 0 Å². The molecule has 0 aliphatic carbocycles. The van der Waals surface area contributed by atoms with Crippen molar-refractivity contribution in [1.29, 1.82) is 0 Å². The molecule has 20 heavy (non-hydrogen) atoms. The highest BCUT2D eigenvalue weighted by Gasteiger charge is 2.11. The molecule has 0 aromatic heterocycles. The predicted molar refractivity (Wildman–Crippen MR) is 79.9 cm³/mol. The molecule has 106 valence electrons. The van der Waals surface area contributed by atoms with Crippen LogP contribution >= 0.6 is 27.5 Å². The van der Waals surface area contributed by atoms with Gasteiger partial charge >= 0.3 is 6.61 Å². The van der Waals surface area contributed by atoms with E-state index in [1.807, 2.05) is 30.3 Å². The van der Waals surface area contributed by atoms with Crippen LogP contribution in [0.2, 0.25) is 5.02 Å². The number of rotatable bonds is 5. The molecule has 2 aromatic rings. The first-order valence-electron chi connectivity index (χ1n) is 5.98. The third-order valence-corrected chi connectivity index (χ3v) is 3.84. The van der Waals surface area contributed by atoms with E-state index in [0.29, 0.717) is 11.4 Å². The van der Waals surface area contributed by atoms with Gasteiger partial charge in [0.15, 0.2) is 0 Å². The Bertz CT molecular complexity index is 577. The first-order chi connectivity index (χ1) is 9.54.